The van der Waals surface area contributed by atoms with Gasteiger partial charge in [0.2, 0.25) is 6.10 Å². The molecule has 4 heteroatoms. The topological polar surface area (TPSA) is 52.6 Å². The van der Waals surface area contributed by atoms with E-state index in [1.807, 2.05) is 13.8 Å². The molecular weight excluding hydrogens is 244 g/mol. The van der Waals surface area contributed by atoms with Crippen molar-refractivity contribution < 1.29 is 19.1 Å². The van der Waals surface area contributed by atoms with E-state index in [1.54, 1.807) is 30.3 Å². The number of rotatable bonds is 3. The Balaban J connectivity index is 2.12. The van der Waals surface area contributed by atoms with Gasteiger partial charge in [0.25, 0.3) is 0 Å². The van der Waals surface area contributed by atoms with Crippen LogP contribution >= 0.6 is 0 Å². The minimum Gasteiger partial charge on any atom is -0.462 e. The Hall–Kier alpha value is -2.10. The molecule has 0 saturated carbocycles. The molecule has 100 valence electrons. The van der Waals surface area contributed by atoms with E-state index >= 15 is 0 Å². The molecule has 0 N–H and O–H groups in total. The average molecular weight is 260 g/mol. The molecule has 2 rings (SSSR count). The monoisotopic (exact) mass is 260 g/mol. The summed E-state index contributed by atoms with van der Waals surface area (Å²) in [6.07, 6.45) is 0.839. The fourth-order valence-corrected chi connectivity index (χ4v) is 1.87. The summed E-state index contributed by atoms with van der Waals surface area (Å²) >= 11 is 0. The molecule has 19 heavy (non-hydrogen) atoms. The summed E-state index contributed by atoms with van der Waals surface area (Å²) in [6, 6.07) is 6.82. The second-order valence-corrected chi connectivity index (χ2v) is 5.21. The lowest BCUT2D eigenvalue weighted by Crippen LogP contribution is -2.34. The van der Waals surface area contributed by atoms with Crippen molar-refractivity contribution in [3.8, 4) is 0 Å². The number of cyclic esters (lactones) is 1. The lowest BCUT2D eigenvalue weighted by Gasteiger charge is -2.21. The van der Waals surface area contributed by atoms with Gasteiger partial charge < -0.3 is 9.47 Å². The van der Waals surface area contributed by atoms with Crippen LogP contribution in [0.1, 0.15) is 29.8 Å². The quantitative estimate of drug-likeness (QED) is 0.783. The molecule has 0 amide bonds. The Morgan fingerprint density at radius 3 is 2.53 bits per heavy atom. The second-order valence-electron chi connectivity index (χ2n) is 5.21. The van der Waals surface area contributed by atoms with E-state index in [-0.39, 0.29) is 6.61 Å². The highest BCUT2D eigenvalue weighted by atomic mass is 16.6. The van der Waals surface area contributed by atoms with Crippen molar-refractivity contribution in [2.75, 3.05) is 6.61 Å². The van der Waals surface area contributed by atoms with Crippen molar-refractivity contribution in [3.63, 3.8) is 0 Å². The van der Waals surface area contributed by atoms with Gasteiger partial charge in [0.05, 0.1) is 5.56 Å². The summed E-state index contributed by atoms with van der Waals surface area (Å²) < 4.78 is 10.2. The molecule has 0 radical (unpaired) electrons. The third-order valence-electron chi connectivity index (χ3n) is 3.12. The maximum absolute atomic E-state index is 12.0. The maximum atomic E-state index is 12.0. The number of carbonyl (C=O) groups excluding carboxylic acids is 2. The van der Waals surface area contributed by atoms with Crippen LogP contribution in [0.25, 0.3) is 6.08 Å². The van der Waals surface area contributed by atoms with Crippen molar-refractivity contribution in [1.29, 1.82) is 0 Å². The Labute approximate surface area is 112 Å². The van der Waals surface area contributed by atoms with E-state index in [0.717, 1.165) is 5.56 Å². The van der Waals surface area contributed by atoms with Gasteiger partial charge in [-0.25, -0.2) is 9.59 Å². The van der Waals surface area contributed by atoms with Gasteiger partial charge in [0, 0.05) is 5.41 Å². The molecule has 1 unspecified atom stereocenters. The van der Waals surface area contributed by atoms with Gasteiger partial charge in [0.1, 0.15) is 6.61 Å². The van der Waals surface area contributed by atoms with Crippen LogP contribution in [-0.4, -0.2) is 24.6 Å². The second kappa shape index (κ2) is 4.88. The van der Waals surface area contributed by atoms with Crippen LogP contribution < -0.4 is 0 Å². The highest BCUT2D eigenvalue weighted by Gasteiger charge is 2.46. The van der Waals surface area contributed by atoms with Gasteiger partial charge in [-0.05, 0) is 17.7 Å². The van der Waals surface area contributed by atoms with E-state index in [2.05, 4.69) is 6.58 Å². The predicted octanol–water partition coefficient (Wildman–Crippen LogP) is 2.44. The third-order valence-corrected chi connectivity index (χ3v) is 3.12. The van der Waals surface area contributed by atoms with E-state index < -0.39 is 23.5 Å². The third kappa shape index (κ3) is 2.67. The number of ether oxygens (including phenoxy) is 2. The fourth-order valence-electron chi connectivity index (χ4n) is 1.87. The SMILES string of the molecule is C=Cc1ccc(C(=O)OC2C(=O)OCC2(C)C)cc1. The molecule has 1 saturated heterocycles. The largest absolute Gasteiger partial charge is 0.462 e. The zero-order valence-corrected chi connectivity index (χ0v) is 11.0. The molecule has 1 aliphatic rings. The summed E-state index contributed by atoms with van der Waals surface area (Å²) in [6.45, 7) is 7.56. The Bertz CT molecular complexity index is 513. The van der Waals surface area contributed by atoms with Crippen molar-refractivity contribution in [2.45, 2.75) is 20.0 Å². The number of esters is 2. The molecule has 1 aliphatic heterocycles. The fraction of sp³-hybridized carbons (Fsp3) is 0.333. The number of carbonyl (C=O) groups is 2. The first kappa shape index (κ1) is 13.3. The number of benzene rings is 1. The first-order valence-electron chi connectivity index (χ1n) is 6.04. The molecule has 1 aromatic carbocycles. The van der Waals surface area contributed by atoms with E-state index in [0.29, 0.717) is 5.56 Å². The first-order valence-corrected chi connectivity index (χ1v) is 6.04. The van der Waals surface area contributed by atoms with Crippen LogP contribution in [-0.2, 0) is 14.3 Å². The van der Waals surface area contributed by atoms with E-state index in [1.165, 1.54) is 0 Å². The maximum Gasteiger partial charge on any atom is 0.348 e. The molecule has 0 aromatic heterocycles. The molecular formula is C15H16O4. The zero-order valence-electron chi connectivity index (χ0n) is 11.0. The lowest BCUT2D eigenvalue weighted by atomic mass is 9.90. The van der Waals surface area contributed by atoms with Crippen molar-refractivity contribution in [3.05, 3.63) is 42.0 Å². The van der Waals surface area contributed by atoms with Gasteiger partial charge in [-0.15, -0.1) is 0 Å². The van der Waals surface area contributed by atoms with Crippen molar-refractivity contribution in [2.24, 2.45) is 5.41 Å². The van der Waals surface area contributed by atoms with Gasteiger partial charge in [0.15, 0.2) is 0 Å². The van der Waals surface area contributed by atoms with Gasteiger partial charge >= 0.3 is 11.9 Å². The smallest absolute Gasteiger partial charge is 0.348 e. The van der Waals surface area contributed by atoms with Crippen LogP contribution in [0, 0.1) is 5.41 Å². The van der Waals surface area contributed by atoms with Gasteiger partial charge in [-0.3, -0.25) is 0 Å². The summed E-state index contributed by atoms with van der Waals surface area (Å²) in [4.78, 5) is 23.5. The van der Waals surface area contributed by atoms with E-state index in [4.69, 9.17) is 9.47 Å². The molecule has 4 nitrogen and oxygen atoms in total. The Kier molecular flexibility index (Phi) is 3.42. The van der Waals surface area contributed by atoms with Crippen LogP contribution in [0.5, 0.6) is 0 Å². The van der Waals surface area contributed by atoms with Crippen LogP contribution in [0.2, 0.25) is 0 Å². The molecule has 1 fully saturated rings. The van der Waals surface area contributed by atoms with Crippen molar-refractivity contribution >= 4 is 18.0 Å². The zero-order chi connectivity index (χ0) is 14.0. The Morgan fingerprint density at radius 2 is 2.05 bits per heavy atom. The molecule has 1 heterocycles. The molecule has 0 spiro atoms. The average Bonchev–Trinajstić information content (AvgIpc) is 2.65. The highest BCUT2D eigenvalue weighted by Crippen LogP contribution is 2.31. The van der Waals surface area contributed by atoms with Crippen LogP contribution in [0.4, 0.5) is 0 Å². The van der Waals surface area contributed by atoms with Crippen LogP contribution in [0.15, 0.2) is 30.8 Å². The highest BCUT2D eigenvalue weighted by molar-refractivity contribution is 5.92. The number of hydrogen-bond donors (Lipinski definition) is 0. The summed E-state index contributed by atoms with van der Waals surface area (Å²) in [5.41, 5.74) is 0.826. The Morgan fingerprint density at radius 1 is 1.42 bits per heavy atom. The molecule has 0 bridgehead atoms. The predicted molar refractivity (Wildman–Crippen MR) is 70.5 cm³/mol. The summed E-state index contributed by atoms with van der Waals surface area (Å²) in [5, 5.41) is 0. The minimum atomic E-state index is -0.848. The number of hydrogen-bond acceptors (Lipinski definition) is 4. The normalized spacial score (nSPS) is 20.7. The molecule has 1 atom stereocenters. The lowest BCUT2D eigenvalue weighted by molar-refractivity contribution is -0.145. The minimum absolute atomic E-state index is 0.263. The molecule has 0 aliphatic carbocycles. The van der Waals surface area contributed by atoms with Crippen molar-refractivity contribution in [1.82, 2.24) is 0 Å². The molecule has 1 aromatic rings. The first-order chi connectivity index (χ1) is 8.94. The van der Waals surface area contributed by atoms with Gasteiger partial charge in [-0.2, -0.15) is 0 Å². The van der Waals surface area contributed by atoms with Crippen LogP contribution in [0.3, 0.4) is 0 Å². The standard InChI is InChI=1S/C15H16O4/c1-4-10-5-7-11(8-6-10)13(16)19-12-14(17)18-9-15(12,2)3/h4-8,12H,1,9H2,2-3H3. The summed E-state index contributed by atoms with van der Waals surface area (Å²) in [7, 11) is 0. The van der Waals surface area contributed by atoms with E-state index in [9.17, 15) is 9.59 Å². The summed E-state index contributed by atoms with van der Waals surface area (Å²) in [5.74, 6) is -1.01. The van der Waals surface area contributed by atoms with Gasteiger partial charge in [-0.1, -0.05) is 38.6 Å².